The lowest BCUT2D eigenvalue weighted by Crippen LogP contribution is -2.04. The van der Waals surface area contributed by atoms with Crippen LogP contribution in [-0.4, -0.2) is 22.8 Å². The van der Waals surface area contributed by atoms with Gasteiger partial charge in [-0.2, -0.15) is 0 Å². The molecule has 5 heteroatoms. The summed E-state index contributed by atoms with van der Waals surface area (Å²) in [5.74, 6) is 0.839. The number of hydrogen-bond donors (Lipinski definition) is 0. The van der Waals surface area contributed by atoms with Crippen molar-refractivity contribution in [3.05, 3.63) is 83.9 Å². The molecule has 0 amide bonds. The molecule has 0 N–H and O–H groups in total. The third-order valence-electron chi connectivity index (χ3n) is 4.53. The molecule has 0 aliphatic heterocycles. The Morgan fingerprint density at radius 3 is 2.38 bits per heavy atom. The molecule has 0 saturated carbocycles. The largest absolute Gasteiger partial charge is 0.462 e. The Bertz CT molecular complexity index is 1170. The monoisotopic (exact) mass is 384 g/mol. The van der Waals surface area contributed by atoms with Crippen LogP contribution < -0.4 is 4.74 Å². The van der Waals surface area contributed by atoms with E-state index < -0.39 is 0 Å². The van der Waals surface area contributed by atoms with Crippen molar-refractivity contribution in [3.8, 4) is 22.9 Å². The Balaban J connectivity index is 1.72. The zero-order chi connectivity index (χ0) is 20.2. The molecule has 0 saturated heterocycles. The van der Waals surface area contributed by atoms with Gasteiger partial charge in [0.05, 0.1) is 12.2 Å². The number of carbonyl (C=O) groups is 1. The van der Waals surface area contributed by atoms with E-state index in [1.807, 2.05) is 67.6 Å². The van der Waals surface area contributed by atoms with Gasteiger partial charge in [-0.1, -0.05) is 42.5 Å². The summed E-state index contributed by atoms with van der Waals surface area (Å²) in [7, 11) is 0. The normalized spacial score (nSPS) is 10.7. The van der Waals surface area contributed by atoms with Crippen molar-refractivity contribution in [1.29, 1.82) is 0 Å². The molecule has 5 nitrogen and oxygen atoms in total. The van der Waals surface area contributed by atoms with E-state index in [0.29, 0.717) is 18.1 Å². The molecule has 0 atom stereocenters. The summed E-state index contributed by atoms with van der Waals surface area (Å²) in [6, 6.07) is 22.8. The third kappa shape index (κ3) is 3.94. The van der Waals surface area contributed by atoms with E-state index in [1.165, 1.54) is 0 Å². The third-order valence-corrected chi connectivity index (χ3v) is 4.53. The molecule has 3 aromatic carbocycles. The lowest BCUT2D eigenvalue weighted by molar-refractivity contribution is 0.0526. The maximum atomic E-state index is 11.9. The first kappa shape index (κ1) is 18.6. The van der Waals surface area contributed by atoms with Gasteiger partial charge in [0.2, 0.25) is 5.88 Å². The second-order valence-corrected chi connectivity index (χ2v) is 6.62. The zero-order valence-corrected chi connectivity index (χ0v) is 16.3. The van der Waals surface area contributed by atoms with Crippen molar-refractivity contribution in [2.75, 3.05) is 6.61 Å². The van der Waals surface area contributed by atoms with Gasteiger partial charge in [-0.3, -0.25) is 0 Å². The van der Waals surface area contributed by atoms with Gasteiger partial charge in [-0.25, -0.2) is 4.79 Å². The van der Waals surface area contributed by atoms with Crippen LogP contribution in [0, 0.1) is 6.92 Å². The minimum Gasteiger partial charge on any atom is -0.462 e. The number of aryl methyl sites for hydroxylation is 1. The van der Waals surface area contributed by atoms with E-state index in [9.17, 15) is 4.79 Å². The maximum Gasteiger partial charge on any atom is 0.338 e. The van der Waals surface area contributed by atoms with E-state index in [4.69, 9.17) is 9.47 Å². The Labute approximate surface area is 168 Å². The number of hydrogen-bond acceptors (Lipinski definition) is 5. The van der Waals surface area contributed by atoms with E-state index in [0.717, 1.165) is 33.3 Å². The van der Waals surface area contributed by atoms with E-state index in [-0.39, 0.29) is 5.97 Å². The lowest BCUT2D eigenvalue weighted by atomic mass is 10.0. The first-order chi connectivity index (χ1) is 14.2. The molecule has 4 aromatic rings. The SMILES string of the molecule is CCOC(=O)c1ccc(-c2nnc(Oc3cccc(C)c3)c3ccccc23)cc1. The first-order valence-corrected chi connectivity index (χ1v) is 9.43. The van der Waals surface area contributed by atoms with Crippen LogP contribution in [0.4, 0.5) is 0 Å². The summed E-state index contributed by atoms with van der Waals surface area (Å²) in [5, 5.41) is 10.5. The van der Waals surface area contributed by atoms with Gasteiger partial charge in [0.1, 0.15) is 11.4 Å². The second kappa shape index (κ2) is 8.10. The Morgan fingerprint density at radius 2 is 1.66 bits per heavy atom. The van der Waals surface area contributed by atoms with Crippen molar-refractivity contribution >= 4 is 16.7 Å². The fourth-order valence-electron chi connectivity index (χ4n) is 3.14. The van der Waals surface area contributed by atoms with Crippen LogP contribution in [0.15, 0.2) is 72.8 Å². The van der Waals surface area contributed by atoms with Crippen molar-refractivity contribution < 1.29 is 14.3 Å². The highest BCUT2D eigenvalue weighted by Crippen LogP contribution is 2.33. The van der Waals surface area contributed by atoms with Crippen molar-refractivity contribution in [2.24, 2.45) is 0 Å². The lowest BCUT2D eigenvalue weighted by Gasteiger charge is -2.11. The second-order valence-electron chi connectivity index (χ2n) is 6.62. The van der Waals surface area contributed by atoms with Crippen LogP contribution in [0.3, 0.4) is 0 Å². The predicted molar refractivity (Wildman–Crippen MR) is 112 cm³/mol. The molecular formula is C24H20N2O3. The van der Waals surface area contributed by atoms with Crippen LogP contribution in [0.5, 0.6) is 11.6 Å². The summed E-state index contributed by atoms with van der Waals surface area (Å²) in [6.07, 6.45) is 0. The van der Waals surface area contributed by atoms with E-state index >= 15 is 0 Å². The molecule has 1 aromatic heterocycles. The van der Waals surface area contributed by atoms with Crippen LogP contribution in [0.2, 0.25) is 0 Å². The van der Waals surface area contributed by atoms with Gasteiger partial charge in [0, 0.05) is 16.3 Å². The molecular weight excluding hydrogens is 364 g/mol. The fraction of sp³-hybridized carbons (Fsp3) is 0.125. The van der Waals surface area contributed by atoms with Crippen LogP contribution >= 0.6 is 0 Å². The van der Waals surface area contributed by atoms with Crippen LogP contribution in [0.25, 0.3) is 22.0 Å². The average molecular weight is 384 g/mol. The summed E-state index contributed by atoms with van der Waals surface area (Å²) in [6.45, 7) is 4.15. The molecule has 0 bridgehead atoms. The number of aromatic nitrogens is 2. The van der Waals surface area contributed by atoms with Gasteiger partial charge in [0.25, 0.3) is 0 Å². The number of ether oxygens (including phenoxy) is 2. The van der Waals surface area contributed by atoms with E-state index in [2.05, 4.69) is 10.2 Å². The highest BCUT2D eigenvalue weighted by atomic mass is 16.5. The topological polar surface area (TPSA) is 61.3 Å². The molecule has 1 heterocycles. The number of benzene rings is 3. The Kier molecular flexibility index (Phi) is 5.20. The van der Waals surface area contributed by atoms with E-state index in [1.54, 1.807) is 19.1 Å². The number of nitrogens with zero attached hydrogens (tertiary/aromatic N) is 2. The average Bonchev–Trinajstić information content (AvgIpc) is 2.74. The Hall–Kier alpha value is -3.73. The highest BCUT2D eigenvalue weighted by Gasteiger charge is 2.13. The van der Waals surface area contributed by atoms with Crippen LogP contribution in [0.1, 0.15) is 22.8 Å². The molecule has 144 valence electrons. The van der Waals surface area contributed by atoms with Gasteiger partial charge < -0.3 is 9.47 Å². The summed E-state index contributed by atoms with van der Waals surface area (Å²) in [5.41, 5.74) is 3.21. The van der Waals surface area contributed by atoms with Crippen LogP contribution in [-0.2, 0) is 4.74 Å². The summed E-state index contributed by atoms with van der Waals surface area (Å²) >= 11 is 0. The molecule has 0 unspecified atom stereocenters. The zero-order valence-electron chi connectivity index (χ0n) is 16.3. The maximum absolute atomic E-state index is 11.9. The Morgan fingerprint density at radius 1 is 0.897 bits per heavy atom. The fourth-order valence-corrected chi connectivity index (χ4v) is 3.14. The molecule has 0 aliphatic rings. The molecule has 29 heavy (non-hydrogen) atoms. The summed E-state index contributed by atoms with van der Waals surface area (Å²) < 4.78 is 11.0. The smallest absolute Gasteiger partial charge is 0.338 e. The quantitative estimate of drug-likeness (QED) is 0.421. The number of fused-ring (bicyclic) bond motifs is 1. The van der Waals surface area contributed by atoms with Gasteiger partial charge in [-0.05, 0) is 49.7 Å². The number of esters is 1. The standard InChI is InChI=1S/C24H20N2O3/c1-3-28-24(27)18-13-11-17(12-14-18)22-20-9-4-5-10-21(20)23(26-25-22)29-19-8-6-7-16(2)15-19/h4-15H,3H2,1-2H3. The highest BCUT2D eigenvalue weighted by molar-refractivity contribution is 5.97. The van der Waals surface area contributed by atoms with Crippen molar-refractivity contribution in [1.82, 2.24) is 10.2 Å². The first-order valence-electron chi connectivity index (χ1n) is 9.43. The predicted octanol–water partition coefficient (Wildman–Crippen LogP) is 5.57. The van der Waals surface area contributed by atoms with Crippen molar-refractivity contribution in [3.63, 3.8) is 0 Å². The molecule has 0 aliphatic carbocycles. The number of rotatable bonds is 5. The van der Waals surface area contributed by atoms with Gasteiger partial charge in [0.15, 0.2) is 0 Å². The number of carbonyl (C=O) groups excluding carboxylic acids is 1. The minimum absolute atomic E-state index is 0.336. The summed E-state index contributed by atoms with van der Waals surface area (Å²) in [4.78, 5) is 11.9. The van der Waals surface area contributed by atoms with Gasteiger partial charge in [-0.15, -0.1) is 10.2 Å². The molecule has 0 radical (unpaired) electrons. The molecule has 0 spiro atoms. The van der Waals surface area contributed by atoms with Gasteiger partial charge >= 0.3 is 5.97 Å². The molecule has 0 fully saturated rings. The minimum atomic E-state index is -0.336. The van der Waals surface area contributed by atoms with Crippen molar-refractivity contribution in [2.45, 2.75) is 13.8 Å². The molecule has 4 rings (SSSR count).